The van der Waals surface area contributed by atoms with Crippen LogP contribution in [-0.2, 0) is 4.74 Å². The molecule has 1 fully saturated rings. The molecule has 0 unspecified atom stereocenters. The number of nitro groups is 1. The van der Waals surface area contributed by atoms with Crippen molar-refractivity contribution in [2.45, 2.75) is 13.3 Å². The Morgan fingerprint density at radius 3 is 2.70 bits per heavy atom. The number of rotatable bonds is 6. The first kappa shape index (κ1) is 14.5. The third-order valence-electron chi connectivity index (χ3n) is 3.07. The lowest BCUT2D eigenvalue weighted by Crippen LogP contribution is -2.40. The Hall–Kier alpha value is -1.86. The van der Waals surface area contributed by atoms with Crippen LogP contribution >= 0.6 is 0 Å². The van der Waals surface area contributed by atoms with E-state index in [-0.39, 0.29) is 10.6 Å². The Balaban J connectivity index is 2.19. The summed E-state index contributed by atoms with van der Waals surface area (Å²) in [6.45, 7) is 5.42. The van der Waals surface area contributed by atoms with Gasteiger partial charge in [-0.3, -0.25) is 10.1 Å². The molecule has 2 rings (SSSR count). The van der Waals surface area contributed by atoms with Gasteiger partial charge in [0.1, 0.15) is 11.4 Å². The molecule has 1 aromatic carbocycles. The lowest BCUT2D eigenvalue weighted by atomic mass is 10.2. The Labute approximate surface area is 118 Å². The maximum absolute atomic E-state index is 11.3. The van der Waals surface area contributed by atoms with Crippen LogP contribution in [-0.4, -0.2) is 42.8 Å². The van der Waals surface area contributed by atoms with Gasteiger partial charge >= 0.3 is 5.69 Å². The number of nitro benzene ring substituents is 1. The summed E-state index contributed by atoms with van der Waals surface area (Å²) in [5.74, 6) is 0. The predicted molar refractivity (Wildman–Crippen MR) is 77.9 cm³/mol. The first-order chi connectivity index (χ1) is 9.72. The average molecular weight is 280 g/mol. The molecule has 0 radical (unpaired) electrons. The van der Waals surface area contributed by atoms with E-state index in [1.54, 1.807) is 12.1 Å². The highest BCUT2D eigenvalue weighted by atomic mass is 16.6. The minimum atomic E-state index is -0.346. The Bertz CT molecular complexity index is 461. The van der Waals surface area contributed by atoms with E-state index in [9.17, 15) is 10.1 Å². The van der Waals surface area contributed by atoms with E-state index in [4.69, 9.17) is 4.74 Å². The van der Waals surface area contributed by atoms with Crippen molar-refractivity contribution in [1.29, 1.82) is 0 Å². The summed E-state index contributed by atoms with van der Waals surface area (Å²) in [6.07, 6.45) is 0.915. The molecule has 1 aliphatic rings. The molecule has 1 saturated heterocycles. The van der Waals surface area contributed by atoms with Gasteiger partial charge in [-0.15, -0.1) is 0 Å². The van der Waals surface area contributed by atoms with Gasteiger partial charge in [0.15, 0.2) is 0 Å². The second kappa shape index (κ2) is 7.06. The normalized spacial score (nSPS) is 15.8. The zero-order valence-corrected chi connectivity index (χ0v) is 11.6. The molecule has 1 aromatic rings. The van der Waals surface area contributed by atoms with Crippen LogP contribution in [0.4, 0.5) is 17.1 Å². The van der Waals surface area contributed by atoms with E-state index >= 15 is 0 Å². The van der Waals surface area contributed by atoms with Gasteiger partial charge in [-0.1, -0.05) is 13.0 Å². The molecule has 7 heteroatoms. The SMILES string of the molecule is CCCNc1cccc(NN2CCOCC2)c1[N+](=O)[O-]. The number of hydrogen-bond donors (Lipinski definition) is 2. The van der Waals surface area contributed by atoms with Crippen LogP contribution in [0.3, 0.4) is 0 Å². The molecule has 0 aromatic heterocycles. The topological polar surface area (TPSA) is 79.7 Å². The quantitative estimate of drug-likeness (QED) is 0.613. The molecule has 0 aliphatic carbocycles. The van der Waals surface area contributed by atoms with Gasteiger partial charge in [-0.2, -0.15) is 0 Å². The molecule has 0 spiro atoms. The highest BCUT2D eigenvalue weighted by Gasteiger charge is 2.21. The summed E-state index contributed by atoms with van der Waals surface area (Å²) in [6, 6.07) is 5.27. The van der Waals surface area contributed by atoms with E-state index in [0.29, 0.717) is 44.2 Å². The monoisotopic (exact) mass is 280 g/mol. The first-order valence-electron chi connectivity index (χ1n) is 6.83. The van der Waals surface area contributed by atoms with Gasteiger partial charge in [0.05, 0.1) is 18.1 Å². The van der Waals surface area contributed by atoms with Crippen LogP contribution in [0.5, 0.6) is 0 Å². The number of nitrogens with one attached hydrogen (secondary N) is 2. The van der Waals surface area contributed by atoms with Crippen molar-refractivity contribution in [3.05, 3.63) is 28.3 Å². The highest BCUT2D eigenvalue weighted by molar-refractivity contribution is 5.75. The molecule has 7 nitrogen and oxygen atoms in total. The van der Waals surface area contributed by atoms with Crippen molar-refractivity contribution in [3.63, 3.8) is 0 Å². The van der Waals surface area contributed by atoms with E-state index in [1.165, 1.54) is 0 Å². The van der Waals surface area contributed by atoms with Crippen LogP contribution in [0.25, 0.3) is 0 Å². The van der Waals surface area contributed by atoms with E-state index in [0.717, 1.165) is 6.42 Å². The van der Waals surface area contributed by atoms with Gasteiger partial charge in [0, 0.05) is 19.6 Å². The van der Waals surface area contributed by atoms with Gasteiger partial charge in [-0.05, 0) is 18.6 Å². The number of para-hydroxylation sites is 1. The van der Waals surface area contributed by atoms with Gasteiger partial charge in [0.25, 0.3) is 0 Å². The van der Waals surface area contributed by atoms with Crippen LogP contribution in [0.15, 0.2) is 18.2 Å². The number of hydrazine groups is 1. The lowest BCUT2D eigenvalue weighted by molar-refractivity contribution is -0.383. The van der Waals surface area contributed by atoms with Crippen molar-refractivity contribution in [2.75, 3.05) is 43.6 Å². The molecule has 0 saturated carbocycles. The Morgan fingerprint density at radius 2 is 2.05 bits per heavy atom. The summed E-state index contributed by atoms with van der Waals surface area (Å²) < 4.78 is 5.26. The van der Waals surface area contributed by atoms with Crippen molar-refractivity contribution in [2.24, 2.45) is 0 Å². The second-order valence-corrected chi connectivity index (χ2v) is 4.60. The molecular formula is C13H20N4O3. The predicted octanol–water partition coefficient (Wildman–Crippen LogP) is 2.08. The number of benzene rings is 1. The fourth-order valence-corrected chi connectivity index (χ4v) is 2.08. The maximum atomic E-state index is 11.3. The summed E-state index contributed by atoms with van der Waals surface area (Å²) in [7, 11) is 0. The molecule has 0 atom stereocenters. The van der Waals surface area contributed by atoms with Crippen molar-refractivity contribution >= 4 is 17.1 Å². The van der Waals surface area contributed by atoms with Crippen molar-refractivity contribution in [1.82, 2.24) is 5.01 Å². The summed E-state index contributed by atoms with van der Waals surface area (Å²) in [4.78, 5) is 11.0. The van der Waals surface area contributed by atoms with Gasteiger partial charge in [-0.25, -0.2) is 5.01 Å². The fourth-order valence-electron chi connectivity index (χ4n) is 2.08. The fraction of sp³-hybridized carbons (Fsp3) is 0.538. The number of ether oxygens (including phenoxy) is 1. The zero-order chi connectivity index (χ0) is 14.4. The first-order valence-corrected chi connectivity index (χ1v) is 6.83. The van der Waals surface area contributed by atoms with Crippen LogP contribution in [0.1, 0.15) is 13.3 Å². The third-order valence-corrected chi connectivity index (χ3v) is 3.07. The smallest absolute Gasteiger partial charge is 0.316 e. The molecule has 0 bridgehead atoms. The summed E-state index contributed by atoms with van der Waals surface area (Å²) in [5, 5.41) is 16.4. The van der Waals surface area contributed by atoms with Crippen LogP contribution in [0, 0.1) is 10.1 Å². The van der Waals surface area contributed by atoms with Crippen molar-refractivity contribution in [3.8, 4) is 0 Å². The number of morpholine rings is 1. The summed E-state index contributed by atoms with van der Waals surface area (Å²) >= 11 is 0. The molecule has 110 valence electrons. The zero-order valence-electron chi connectivity index (χ0n) is 11.6. The Kier molecular flexibility index (Phi) is 5.14. The highest BCUT2D eigenvalue weighted by Crippen LogP contribution is 2.33. The van der Waals surface area contributed by atoms with E-state index < -0.39 is 0 Å². The minimum Gasteiger partial charge on any atom is -0.379 e. The second-order valence-electron chi connectivity index (χ2n) is 4.60. The van der Waals surface area contributed by atoms with Gasteiger partial charge in [0.2, 0.25) is 0 Å². The number of anilines is 2. The lowest BCUT2D eigenvalue weighted by Gasteiger charge is -2.28. The molecule has 20 heavy (non-hydrogen) atoms. The Morgan fingerprint density at radius 1 is 1.35 bits per heavy atom. The molecule has 1 aliphatic heterocycles. The summed E-state index contributed by atoms with van der Waals surface area (Å²) in [5.41, 5.74) is 4.27. The standard InChI is InChI=1S/C13H20N4O3/c1-2-6-14-11-4-3-5-12(13(11)17(18)19)15-16-7-9-20-10-8-16/h3-5,14-15H,2,6-10H2,1H3. The van der Waals surface area contributed by atoms with E-state index in [1.807, 2.05) is 18.0 Å². The molecule has 2 N–H and O–H groups in total. The largest absolute Gasteiger partial charge is 0.379 e. The van der Waals surface area contributed by atoms with Gasteiger partial charge < -0.3 is 15.5 Å². The van der Waals surface area contributed by atoms with Crippen LogP contribution < -0.4 is 10.7 Å². The third kappa shape index (κ3) is 3.58. The van der Waals surface area contributed by atoms with Crippen LogP contribution in [0.2, 0.25) is 0 Å². The molecular weight excluding hydrogens is 260 g/mol. The van der Waals surface area contributed by atoms with E-state index in [2.05, 4.69) is 10.7 Å². The average Bonchev–Trinajstić information content (AvgIpc) is 2.46. The molecule has 0 amide bonds. The van der Waals surface area contributed by atoms with Crippen molar-refractivity contribution < 1.29 is 9.66 Å². The minimum absolute atomic E-state index is 0.0902. The number of hydrogen-bond acceptors (Lipinski definition) is 6. The maximum Gasteiger partial charge on any atom is 0.316 e. The molecule has 1 heterocycles. The number of nitrogens with zero attached hydrogens (tertiary/aromatic N) is 2.